The van der Waals surface area contributed by atoms with Crippen molar-refractivity contribution in [1.82, 2.24) is 0 Å². The Morgan fingerprint density at radius 3 is 2.40 bits per heavy atom. The number of sulfonamides is 1. The Bertz CT molecular complexity index is 702. The van der Waals surface area contributed by atoms with Gasteiger partial charge in [-0.2, -0.15) is 0 Å². The first-order chi connectivity index (χ1) is 9.20. The van der Waals surface area contributed by atoms with Gasteiger partial charge in [0, 0.05) is 6.07 Å². The molecule has 1 aromatic carbocycles. The molecule has 0 unspecified atom stereocenters. The zero-order valence-electron chi connectivity index (χ0n) is 10.5. The fraction of sp³-hybridized carbons (Fsp3) is 0.455. The molecule has 0 amide bonds. The summed E-state index contributed by atoms with van der Waals surface area (Å²) in [4.78, 5) is 0. The van der Waals surface area contributed by atoms with Gasteiger partial charge in [0.15, 0.2) is 0 Å². The summed E-state index contributed by atoms with van der Waals surface area (Å²) in [5.74, 6) is -1.000. The Morgan fingerprint density at radius 2 is 1.85 bits per heavy atom. The summed E-state index contributed by atoms with van der Waals surface area (Å²) >= 11 is 0. The predicted octanol–water partition coefficient (Wildman–Crippen LogP) is 0.727. The molecule has 1 aliphatic heterocycles. The maximum atomic E-state index is 13.3. The lowest BCUT2D eigenvalue weighted by molar-refractivity contribution is 0.555. The van der Waals surface area contributed by atoms with E-state index in [9.17, 15) is 21.2 Å². The van der Waals surface area contributed by atoms with Crippen LogP contribution in [0.1, 0.15) is 12.8 Å². The second kappa shape index (κ2) is 5.21. The fourth-order valence-electron chi connectivity index (χ4n) is 2.02. The molecule has 6 nitrogen and oxygen atoms in total. The van der Waals surface area contributed by atoms with Crippen LogP contribution in [0.15, 0.2) is 18.2 Å². The van der Waals surface area contributed by atoms with E-state index in [0.29, 0.717) is 0 Å². The van der Waals surface area contributed by atoms with Gasteiger partial charge in [-0.05, 0) is 25.0 Å². The van der Waals surface area contributed by atoms with Gasteiger partial charge in [-0.25, -0.2) is 21.2 Å². The molecule has 0 aliphatic carbocycles. The number of halogens is 1. The number of benzene rings is 1. The molecule has 1 fully saturated rings. The van der Waals surface area contributed by atoms with Crippen LogP contribution in [0.5, 0.6) is 0 Å². The lowest BCUT2D eigenvalue weighted by atomic mass is 10.2. The molecule has 112 valence electrons. The van der Waals surface area contributed by atoms with Gasteiger partial charge in [0.1, 0.15) is 15.7 Å². The van der Waals surface area contributed by atoms with E-state index in [1.165, 1.54) is 12.1 Å². The number of sulfone groups is 1. The van der Waals surface area contributed by atoms with Crippen LogP contribution >= 0.6 is 0 Å². The highest BCUT2D eigenvalue weighted by molar-refractivity contribution is 7.94. The molecule has 1 aliphatic rings. The number of nitrogen functional groups attached to an aromatic ring is 1. The minimum absolute atomic E-state index is 0.0507. The first-order valence-electron chi connectivity index (χ1n) is 5.97. The van der Waals surface area contributed by atoms with Crippen LogP contribution in [-0.2, 0) is 19.9 Å². The van der Waals surface area contributed by atoms with Crippen molar-refractivity contribution < 1.29 is 21.2 Å². The van der Waals surface area contributed by atoms with E-state index >= 15 is 0 Å². The summed E-state index contributed by atoms with van der Waals surface area (Å²) in [5, 5.41) is -0.786. The first-order valence-corrected chi connectivity index (χ1v) is 9.33. The monoisotopic (exact) mass is 322 g/mol. The summed E-state index contributed by atoms with van der Waals surface area (Å²) < 4.78 is 62.3. The molecule has 0 saturated carbocycles. The third-order valence-electron chi connectivity index (χ3n) is 3.20. The smallest absolute Gasteiger partial charge is 0.235 e. The summed E-state index contributed by atoms with van der Waals surface area (Å²) in [6, 6.07) is 3.61. The number of nitrogens with two attached hydrogens (primary N) is 1. The maximum Gasteiger partial charge on any atom is 0.235 e. The van der Waals surface area contributed by atoms with Crippen LogP contribution in [0.4, 0.5) is 15.8 Å². The first kappa shape index (κ1) is 15.0. The van der Waals surface area contributed by atoms with Crippen molar-refractivity contribution >= 4 is 31.2 Å². The summed E-state index contributed by atoms with van der Waals surface area (Å²) in [5.41, 5.74) is 5.31. The molecule has 1 aromatic rings. The van der Waals surface area contributed by atoms with Crippen molar-refractivity contribution in [3.63, 3.8) is 0 Å². The molecule has 0 spiro atoms. The van der Waals surface area contributed by atoms with Gasteiger partial charge in [-0.1, -0.05) is 0 Å². The van der Waals surface area contributed by atoms with Crippen LogP contribution in [0.2, 0.25) is 0 Å². The summed E-state index contributed by atoms with van der Waals surface area (Å²) in [7, 11) is -6.87. The van der Waals surface area contributed by atoms with Gasteiger partial charge in [0.25, 0.3) is 0 Å². The Kier molecular flexibility index (Phi) is 3.92. The Balaban J connectivity index is 2.13. The van der Waals surface area contributed by atoms with Crippen LogP contribution in [0.3, 0.4) is 0 Å². The average Bonchev–Trinajstić information content (AvgIpc) is 2.33. The molecule has 0 aromatic heterocycles. The number of hydrogen-bond donors (Lipinski definition) is 2. The molecular weight excluding hydrogens is 307 g/mol. The van der Waals surface area contributed by atoms with Crippen molar-refractivity contribution in [2.75, 3.05) is 22.0 Å². The summed E-state index contributed by atoms with van der Waals surface area (Å²) in [6.45, 7) is 0. The van der Waals surface area contributed by atoms with Gasteiger partial charge in [0.05, 0.1) is 28.1 Å². The molecule has 3 N–H and O–H groups in total. The van der Waals surface area contributed by atoms with E-state index in [2.05, 4.69) is 4.72 Å². The highest BCUT2D eigenvalue weighted by atomic mass is 32.2. The van der Waals surface area contributed by atoms with Crippen LogP contribution < -0.4 is 10.5 Å². The zero-order chi connectivity index (χ0) is 15.0. The third kappa shape index (κ3) is 3.40. The van der Waals surface area contributed by atoms with Crippen LogP contribution in [0.25, 0.3) is 0 Å². The Labute approximate surface area is 117 Å². The average molecular weight is 322 g/mol. The predicted molar refractivity (Wildman–Crippen MR) is 75.0 cm³/mol. The fourth-order valence-corrected chi connectivity index (χ4v) is 5.29. The quantitative estimate of drug-likeness (QED) is 0.798. The molecule has 1 heterocycles. The van der Waals surface area contributed by atoms with E-state index in [1.807, 2.05) is 0 Å². The van der Waals surface area contributed by atoms with Crippen molar-refractivity contribution in [3.05, 3.63) is 24.0 Å². The van der Waals surface area contributed by atoms with Gasteiger partial charge in [0.2, 0.25) is 10.0 Å². The molecular formula is C11H15FN2O4S2. The van der Waals surface area contributed by atoms with E-state index in [0.717, 1.165) is 6.07 Å². The van der Waals surface area contributed by atoms with Crippen molar-refractivity contribution in [1.29, 1.82) is 0 Å². The lowest BCUT2D eigenvalue weighted by Gasteiger charge is -2.22. The van der Waals surface area contributed by atoms with E-state index in [1.54, 1.807) is 0 Å². The third-order valence-corrected chi connectivity index (χ3v) is 6.79. The van der Waals surface area contributed by atoms with Gasteiger partial charge in [-0.3, -0.25) is 4.72 Å². The molecule has 0 radical (unpaired) electrons. The standard InChI is InChI=1S/C11H15FN2O4S2/c12-10-7-8(1-2-11(10)13)14-20(17,18)9-3-5-19(15,16)6-4-9/h1-2,7,9,14H,3-6,13H2. The second-order valence-corrected chi connectivity index (χ2v) is 9.00. The van der Waals surface area contributed by atoms with Crippen molar-refractivity contribution in [2.24, 2.45) is 0 Å². The molecule has 0 bridgehead atoms. The molecule has 1 saturated heterocycles. The van der Waals surface area contributed by atoms with Gasteiger partial charge >= 0.3 is 0 Å². The number of rotatable bonds is 3. The molecule has 2 rings (SSSR count). The summed E-state index contributed by atoms with van der Waals surface area (Å²) in [6.07, 6.45) is 0.101. The highest BCUT2D eigenvalue weighted by Gasteiger charge is 2.32. The van der Waals surface area contributed by atoms with Crippen LogP contribution in [-0.4, -0.2) is 33.6 Å². The minimum atomic E-state index is -3.74. The van der Waals surface area contributed by atoms with Crippen LogP contribution in [0, 0.1) is 5.82 Å². The zero-order valence-corrected chi connectivity index (χ0v) is 12.2. The molecule has 0 atom stereocenters. The number of anilines is 2. The lowest BCUT2D eigenvalue weighted by Crippen LogP contribution is -2.36. The minimum Gasteiger partial charge on any atom is -0.396 e. The van der Waals surface area contributed by atoms with Gasteiger partial charge < -0.3 is 5.73 Å². The van der Waals surface area contributed by atoms with Gasteiger partial charge in [-0.15, -0.1) is 0 Å². The number of hydrogen-bond acceptors (Lipinski definition) is 5. The highest BCUT2D eigenvalue weighted by Crippen LogP contribution is 2.23. The Hall–Kier alpha value is -1.35. The second-order valence-electron chi connectivity index (χ2n) is 4.73. The van der Waals surface area contributed by atoms with E-state index in [-0.39, 0.29) is 35.7 Å². The topological polar surface area (TPSA) is 106 Å². The van der Waals surface area contributed by atoms with E-state index in [4.69, 9.17) is 5.73 Å². The number of nitrogens with one attached hydrogen (secondary N) is 1. The van der Waals surface area contributed by atoms with E-state index < -0.39 is 30.9 Å². The molecule has 9 heteroatoms. The Morgan fingerprint density at radius 1 is 1.25 bits per heavy atom. The maximum absolute atomic E-state index is 13.3. The molecule has 20 heavy (non-hydrogen) atoms. The largest absolute Gasteiger partial charge is 0.396 e. The normalized spacial score (nSPS) is 19.6. The van der Waals surface area contributed by atoms with Crippen molar-refractivity contribution in [3.8, 4) is 0 Å². The SMILES string of the molecule is Nc1ccc(NS(=O)(=O)C2CCS(=O)(=O)CC2)cc1F. The van der Waals surface area contributed by atoms with Crippen molar-refractivity contribution in [2.45, 2.75) is 18.1 Å².